The quantitative estimate of drug-likeness (QED) is 0.327. The summed E-state index contributed by atoms with van der Waals surface area (Å²) in [7, 11) is -6.00. The fourth-order valence-corrected chi connectivity index (χ4v) is 0. The van der Waals surface area contributed by atoms with Gasteiger partial charge in [-0.05, 0) is 0 Å². The summed E-state index contributed by atoms with van der Waals surface area (Å²) in [6.07, 6.45) is 0. The third-order valence-corrected chi connectivity index (χ3v) is 0. The van der Waals surface area contributed by atoms with Gasteiger partial charge >= 0.3 is 26.1 Å². The second kappa shape index (κ2) is 5.01. The third-order valence-electron chi connectivity index (χ3n) is 0. The Morgan fingerprint density at radius 1 is 1.00 bits per heavy atom. The normalized spacial score (nSPS) is 8.57. The maximum Gasteiger partial charge on any atom is 1.00 e. The number of hydrogen-bond acceptors (Lipinski definition) is 0. The SMILES string of the molecule is Br.F[B-](F)(F)F.[H-].[Li+]. The first kappa shape index (κ1) is 15.7. The van der Waals surface area contributed by atoms with Crippen LogP contribution in [-0.4, -0.2) is 7.25 Å². The van der Waals surface area contributed by atoms with Gasteiger partial charge in [0.05, 0.1) is 0 Å². The van der Waals surface area contributed by atoms with E-state index in [0.717, 1.165) is 0 Å². The van der Waals surface area contributed by atoms with Crippen molar-refractivity contribution in [3.8, 4) is 0 Å². The minimum absolute atomic E-state index is 0. The summed E-state index contributed by atoms with van der Waals surface area (Å²) < 4.78 is 39.0. The summed E-state index contributed by atoms with van der Waals surface area (Å²) in [5.74, 6) is 0. The molecule has 7 heavy (non-hydrogen) atoms. The van der Waals surface area contributed by atoms with E-state index in [0.29, 0.717) is 0 Å². The molecule has 0 aliphatic carbocycles. The molecule has 0 nitrogen and oxygen atoms in total. The Balaban J connectivity index is -0.0000000267. The smallest absolute Gasteiger partial charge is 1.00 e. The summed E-state index contributed by atoms with van der Waals surface area (Å²) >= 11 is 0. The van der Waals surface area contributed by atoms with Crippen LogP contribution in [0.2, 0.25) is 0 Å². The molecule has 0 fully saturated rings. The average Bonchev–Trinajstić information content (AvgIpc) is 0.722. The first-order valence-electron chi connectivity index (χ1n) is 0.873. The topological polar surface area (TPSA) is 0 Å². The van der Waals surface area contributed by atoms with Gasteiger partial charge in [0.2, 0.25) is 0 Å². The van der Waals surface area contributed by atoms with Crippen LogP contribution in [0.1, 0.15) is 1.43 Å². The molecule has 0 radical (unpaired) electrons. The largest absolute Gasteiger partial charge is 1.00 e. The molecule has 0 bridgehead atoms. The van der Waals surface area contributed by atoms with Crippen LogP contribution in [0.25, 0.3) is 0 Å². The van der Waals surface area contributed by atoms with Gasteiger partial charge in [0.15, 0.2) is 0 Å². The second-order valence-electron chi connectivity index (χ2n) is 0.495. The molecular formula is H2BBrF4Li-. The molecule has 0 aromatic carbocycles. The Bertz CT molecular complexity index is 31.5. The Kier molecular flexibility index (Phi) is 11.2. The van der Waals surface area contributed by atoms with Crippen molar-refractivity contribution in [1.82, 2.24) is 0 Å². The summed E-state index contributed by atoms with van der Waals surface area (Å²) in [5.41, 5.74) is 0. The zero-order valence-electron chi connectivity index (χ0n) is 4.50. The van der Waals surface area contributed by atoms with E-state index < -0.39 is 7.25 Å². The van der Waals surface area contributed by atoms with Gasteiger partial charge < -0.3 is 18.7 Å². The molecule has 0 N–H and O–H groups in total. The fraction of sp³-hybridized carbons (Fsp3) is 0. The van der Waals surface area contributed by atoms with E-state index in [2.05, 4.69) is 0 Å². The summed E-state index contributed by atoms with van der Waals surface area (Å²) in [6.45, 7) is 0. The van der Waals surface area contributed by atoms with Gasteiger partial charge in [-0.3, -0.25) is 0 Å². The van der Waals surface area contributed by atoms with Crippen molar-refractivity contribution < 1.29 is 37.5 Å². The maximum atomic E-state index is 9.75. The van der Waals surface area contributed by atoms with Gasteiger partial charge in [-0.1, -0.05) is 0 Å². The fourth-order valence-electron chi connectivity index (χ4n) is 0. The van der Waals surface area contributed by atoms with E-state index >= 15 is 0 Å². The molecule has 7 heteroatoms. The van der Waals surface area contributed by atoms with Crippen LogP contribution >= 0.6 is 17.0 Å². The van der Waals surface area contributed by atoms with Crippen LogP contribution in [0.15, 0.2) is 0 Å². The predicted molar refractivity (Wildman–Crippen MR) is 21.6 cm³/mol. The summed E-state index contributed by atoms with van der Waals surface area (Å²) in [6, 6.07) is 0. The minimum atomic E-state index is -6.00. The maximum absolute atomic E-state index is 9.75. The van der Waals surface area contributed by atoms with Crippen molar-refractivity contribution in [2.45, 2.75) is 0 Å². The van der Waals surface area contributed by atoms with Gasteiger partial charge in [0.25, 0.3) is 0 Å². The molecule has 0 aliphatic rings. The van der Waals surface area contributed by atoms with Crippen LogP contribution < -0.4 is 18.9 Å². The predicted octanol–water partition coefficient (Wildman–Crippen LogP) is -1.01. The molecule has 0 aromatic rings. The molecule has 42 valence electrons. The molecular weight excluding hydrogens is 174 g/mol. The van der Waals surface area contributed by atoms with Crippen molar-refractivity contribution in [1.29, 1.82) is 0 Å². The van der Waals surface area contributed by atoms with Gasteiger partial charge in [-0.2, -0.15) is 0 Å². The minimum Gasteiger partial charge on any atom is -1.00 e. The Labute approximate surface area is 62.2 Å². The summed E-state index contributed by atoms with van der Waals surface area (Å²) in [4.78, 5) is 0. The first-order valence-corrected chi connectivity index (χ1v) is 0.873. The molecule has 0 saturated heterocycles. The van der Waals surface area contributed by atoms with Gasteiger partial charge in [0, 0.05) is 0 Å². The first-order chi connectivity index (χ1) is 2.00. The van der Waals surface area contributed by atoms with Crippen molar-refractivity contribution in [3.63, 3.8) is 0 Å². The number of halogens is 5. The Morgan fingerprint density at radius 3 is 1.00 bits per heavy atom. The number of rotatable bonds is 0. The Hall–Kier alpha value is 0.862. The zero-order valence-corrected chi connectivity index (χ0v) is 5.21. The van der Waals surface area contributed by atoms with E-state index in [1.165, 1.54) is 0 Å². The molecule has 0 rings (SSSR count). The van der Waals surface area contributed by atoms with Crippen LogP contribution in [0.4, 0.5) is 17.3 Å². The van der Waals surface area contributed by atoms with E-state index in [-0.39, 0.29) is 37.3 Å². The van der Waals surface area contributed by atoms with E-state index in [9.17, 15) is 17.3 Å². The monoisotopic (exact) mass is 175 g/mol. The van der Waals surface area contributed by atoms with Crippen molar-refractivity contribution in [3.05, 3.63) is 0 Å². The third kappa shape index (κ3) is 218. The van der Waals surface area contributed by atoms with E-state index in [1.54, 1.807) is 0 Å². The molecule has 0 unspecified atom stereocenters. The molecule has 0 atom stereocenters. The molecule has 0 amide bonds. The van der Waals surface area contributed by atoms with Crippen molar-refractivity contribution in [2.75, 3.05) is 0 Å². The second-order valence-corrected chi connectivity index (χ2v) is 0.495. The van der Waals surface area contributed by atoms with Crippen LogP contribution in [0.3, 0.4) is 0 Å². The van der Waals surface area contributed by atoms with Crippen molar-refractivity contribution >= 4 is 24.2 Å². The zero-order chi connectivity index (χ0) is 4.50. The van der Waals surface area contributed by atoms with Gasteiger partial charge in [-0.15, -0.1) is 17.0 Å². The molecule has 0 aromatic heterocycles. The van der Waals surface area contributed by atoms with Crippen molar-refractivity contribution in [2.24, 2.45) is 0 Å². The Morgan fingerprint density at radius 2 is 1.00 bits per heavy atom. The van der Waals surface area contributed by atoms with E-state index in [1.807, 2.05) is 0 Å². The molecule has 0 aliphatic heterocycles. The van der Waals surface area contributed by atoms with E-state index in [4.69, 9.17) is 0 Å². The standard InChI is InChI=1S/BF4.BrH.Li.H/c2-1(3,4)5;;;/h;1H;;/q-1;;+1;-1. The molecule has 0 saturated carbocycles. The number of hydrogen-bond donors (Lipinski definition) is 0. The molecule has 0 heterocycles. The average molecular weight is 176 g/mol. The summed E-state index contributed by atoms with van der Waals surface area (Å²) in [5, 5.41) is 0. The van der Waals surface area contributed by atoms with Gasteiger partial charge in [-0.25, -0.2) is 0 Å². The van der Waals surface area contributed by atoms with Gasteiger partial charge in [0.1, 0.15) is 0 Å². The molecule has 0 spiro atoms. The van der Waals surface area contributed by atoms with Crippen LogP contribution in [-0.2, 0) is 0 Å². The van der Waals surface area contributed by atoms with Crippen LogP contribution in [0, 0.1) is 0 Å². The van der Waals surface area contributed by atoms with Crippen LogP contribution in [0.5, 0.6) is 0 Å².